The van der Waals surface area contributed by atoms with E-state index in [1.165, 1.54) is 0 Å². The summed E-state index contributed by atoms with van der Waals surface area (Å²) in [5, 5.41) is 8.69. The molecule has 1 aromatic carbocycles. The van der Waals surface area contributed by atoms with Gasteiger partial charge in [0.1, 0.15) is 11.9 Å². The Kier molecular flexibility index (Phi) is 7.96. The Morgan fingerprint density at radius 1 is 1.18 bits per heavy atom. The summed E-state index contributed by atoms with van der Waals surface area (Å²) in [6, 6.07) is 7.14. The summed E-state index contributed by atoms with van der Waals surface area (Å²) in [6.45, 7) is 6.22. The van der Waals surface area contributed by atoms with E-state index in [-0.39, 0.29) is 12.5 Å². The van der Waals surface area contributed by atoms with Crippen LogP contribution in [-0.2, 0) is 22.3 Å². The topological polar surface area (TPSA) is 118 Å². The molecule has 1 fully saturated rings. The summed E-state index contributed by atoms with van der Waals surface area (Å²) >= 11 is 1.55. The van der Waals surface area contributed by atoms with Crippen LogP contribution in [0.5, 0.6) is 0 Å². The number of carbonyl (C=O) groups excluding carboxylic acids is 3. The fraction of sp³-hybridized carbons (Fsp3) is 0.500. The van der Waals surface area contributed by atoms with Crippen molar-refractivity contribution >= 4 is 29.7 Å². The van der Waals surface area contributed by atoms with E-state index in [1.807, 2.05) is 23.7 Å². The van der Waals surface area contributed by atoms with Crippen LogP contribution in [0.1, 0.15) is 49.5 Å². The van der Waals surface area contributed by atoms with Gasteiger partial charge < -0.3 is 14.2 Å². The monoisotopic (exact) mass is 474 g/mol. The Balaban J connectivity index is 1.46. The molecule has 33 heavy (non-hydrogen) atoms. The van der Waals surface area contributed by atoms with Crippen LogP contribution < -0.4 is 10.9 Å². The first-order valence-electron chi connectivity index (χ1n) is 10.8. The smallest absolute Gasteiger partial charge is 0.410 e. The maximum atomic E-state index is 12.5. The zero-order valence-electron chi connectivity index (χ0n) is 19.3. The van der Waals surface area contributed by atoms with Crippen LogP contribution in [0, 0.1) is 5.92 Å². The third kappa shape index (κ3) is 7.21. The third-order valence-electron chi connectivity index (χ3n) is 5.00. The second kappa shape index (κ2) is 10.7. The first-order valence-corrected chi connectivity index (χ1v) is 11.7. The maximum absolute atomic E-state index is 12.5. The first-order chi connectivity index (χ1) is 15.6. The first kappa shape index (κ1) is 24.6. The molecule has 2 aromatic rings. The minimum atomic E-state index is -0.593. The van der Waals surface area contributed by atoms with Crippen molar-refractivity contribution in [1.29, 1.82) is 0 Å². The quantitative estimate of drug-likeness (QED) is 0.505. The highest BCUT2D eigenvalue weighted by molar-refractivity contribution is 7.98. The number of ether oxygens (including phenoxy) is 1. The van der Waals surface area contributed by atoms with Crippen molar-refractivity contribution in [1.82, 2.24) is 30.5 Å². The number of carbonyl (C=O) groups is 3. The Labute approximate surface area is 197 Å². The number of thioether (sulfide) groups is 1. The number of likely N-dealkylation sites (tertiary alicyclic amines) is 1. The molecule has 0 radical (unpaired) electrons. The van der Waals surface area contributed by atoms with Gasteiger partial charge in [-0.3, -0.25) is 20.4 Å². The summed E-state index contributed by atoms with van der Waals surface area (Å²) < 4.78 is 7.23. The Morgan fingerprint density at radius 3 is 2.55 bits per heavy atom. The van der Waals surface area contributed by atoms with E-state index in [0.29, 0.717) is 30.7 Å². The molecule has 1 aliphatic rings. The lowest BCUT2D eigenvalue weighted by atomic mass is 9.98. The summed E-state index contributed by atoms with van der Waals surface area (Å²) in [5.41, 5.74) is 5.82. The van der Waals surface area contributed by atoms with Crippen molar-refractivity contribution < 1.29 is 19.1 Å². The Morgan fingerprint density at radius 2 is 1.91 bits per heavy atom. The molecule has 1 aromatic heterocycles. The van der Waals surface area contributed by atoms with Crippen LogP contribution in [0.15, 0.2) is 35.7 Å². The van der Waals surface area contributed by atoms with Crippen LogP contribution >= 0.6 is 11.8 Å². The van der Waals surface area contributed by atoms with Crippen molar-refractivity contribution in [2.45, 2.75) is 50.1 Å². The number of amides is 3. The van der Waals surface area contributed by atoms with Gasteiger partial charge in [-0.25, -0.2) is 4.79 Å². The van der Waals surface area contributed by atoms with E-state index >= 15 is 0 Å². The van der Waals surface area contributed by atoms with Crippen LogP contribution in [0.25, 0.3) is 0 Å². The fourth-order valence-electron chi connectivity index (χ4n) is 3.28. The molecule has 0 bridgehead atoms. The zero-order valence-corrected chi connectivity index (χ0v) is 20.1. The second-order valence-corrected chi connectivity index (χ2v) is 9.86. The molecule has 2 N–H and O–H groups in total. The summed E-state index contributed by atoms with van der Waals surface area (Å²) in [4.78, 5) is 38.8. The van der Waals surface area contributed by atoms with Crippen LogP contribution in [0.4, 0.5) is 4.79 Å². The minimum absolute atomic E-state index is 0.258. The van der Waals surface area contributed by atoms with Gasteiger partial charge in [0.05, 0.1) is 5.92 Å². The lowest BCUT2D eigenvalue weighted by molar-refractivity contribution is -0.127. The number of aryl methyl sites for hydroxylation is 1. The molecule has 3 amide bonds. The van der Waals surface area contributed by atoms with Crippen LogP contribution in [0.2, 0.25) is 0 Å². The molecule has 1 saturated heterocycles. The number of benzene rings is 1. The maximum Gasteiger partial charge on any atom is 0.410 e. The third-order valence-corrected chi connectivity index (χ3v) is 6.10. The van der Waals surface area contributed by atoms with Gasteiger partial charge in [-0.1, -0.05) is 23.9 Å². The van der Waals surface area contributed by atoms with Crippen molar-refractivity contribution in [3.63, 3.8) is 0 Å². The predicted molar refractivity (Wildman–Crippen MR) is 123 cm³/mol. The number of hydrogen-bond donors (Lipinski definition) is 2. The summed E-state index contributed by atoms with van der Waals surface area (Å²) in [5.74, 6) is -0.448. The molecule has 11 heteroatoms. The molecule has 10 nitrogen and oxygen atoms in total. The number of piperidine rings is 1. The molecule has 0 saturated carbocycles. The lowest BCUT2D eigenvalue weighted by Gasteiger charge is -2.33. The highest BCUT2D eigenvalue weighted by atomic mass is 32.2. The van der Waals surface area contributed by atoms with Gasteiger partial charge in [0.2, 0.25) is 5.91 Å². The van der Waals surface area contributed by atoms with E-state index < -0.39 is 23.5 Å². The number of hydrogen-bond acceptors (Lipinski definition) is 7. The number of nitrogens with zero attached hydrogens (tertiary/aromatic N) is 4. The van der Waals surface area contributed by atoms with Gasteiger partial charge in [-0.15, -0.1) is 10.2 Å². The molecule has 1 aliphatic heterocycles. The van der Waals surface area contributed by atoms with Gasteiger partial charge in [0.15, 0.2) is 5.16 Å². The van der Waals surface area contributed by atoms with Gasteiger partial charge in [0, 0.05) is 31.5 Å². The molecular weight excluding hydrogens is 444 g/mol. The Bertz CT molecular complexity index is 986. The minimum Gasteiger partial charge on any atom is -0.444 e. The number of aromatic nitrogens is 3. The molecule has 0 spiro atoms. The molecular formula is C22H30N6O4S. The van der Waals surface area contributed by atoms with Crippen LogP contribution in [0.3, 0.4) is 0 Å². The highest BCUT2D eigenvalue weighted by Gasteiger charge is 2.31. The van der Waals surface area contributed by atoms with Crippen molar-refractivity contribution in [3.8, 4) is 0 Å². The summed E-state index contributed by atoms with van der Waals surface area (Å²) in [7, 11) is 1.88. The van der Waals surface area contributed by atoms with Gasteiger partial charge in [0.25, 0.3) is 5.91 Å². The molecule has 3 rings (SSSR count). The molecule has 178 valence electrons. The van der Waals surface area contributed by atoms with Crippen molar-refractivity contribution in [2.24, 2.45) is 13.0 Å². The summed E-state index contributed by atoms with van der Waals surface area (Å²) in [6.07, 6.45) is 2.55. The van der Waals surface area contributed by atoms with E-state index in [1.54, 1.807) is 55.9 Å². The van der Waals surface area contributed by atoms with Gasteiger partial charge in [-0.2, -0.15) is 0 Å². The number of hydrazine groups is 1. The standard InChI is InChI=1S/C22H30N6O4S/c1-22(2,3)32-21(31)28-11-5-6-17(12-28)19(30)25-24-18(29)16-9-7-15(8-10-16)13-33-20-26-23-14-27(20)4/h7-10,14,17H,5-6,11-13H2,1-4H3,(H,24,29)(H,25,30). The van der Waals surface area contributed by atoms with E-state index in [9.17, 15) is 14.4 Å². The van der Waals surface area contributed by atoms with E-state index in [2.05, 4.69) is 21.0 Å². The molecule has 2 heterocycles. The van der Waals surface area contributed by atoms with Crippen LogP contribution in [-0.4, -0.2) is 56.3 Å². The number of nitrogens with one attached hydrogen (secondary N) is 2. The zero-order chi connectivity index (χ0) is 24.0. The molecule has 1 unspecified atom stereocenters. The highest BCUT2D eigenvalue weighted by Crippen LogP contribution is 2.21. The van der Waals surface area contributed by atoms with Crippen molar-refractivity contribution in [3.05, 3.63) is 41.7 Å². The average molecular weight is 475 g/mol. The van der Waals surface area contributed by atoms with E-state index in [4.69, 9.17) is 4.74 Å². The Hall–Kier alpha value is -3.08. The SMILES string of the molecule is Cn1cnnc1SCc1ccc(C(=O)NNC(=O)C2CCCN(C(=O)OC(C)(C)C)C2)cc1. The predicted octanol–water partition coefficient (Wildman–Crippen LogP) is 2.52. The van der Waals surface area contributed by atoms with E-state index in [0.717, 1.165) is 10.7 Å². The molecule has 0 aliphatic carbocycles. The second-order valence-electron chi connectivity index (χ2n) is 8.92. The average Bonchev–Trinajstić information content (AvgIpc) is 3.19. The van der Waals surface area contributed by atoms with Gasteiger partial charge in [-0.05, 0) is 51.3 Å². The largest absolute Gasteiger partial charge is 0.444 e. The molecule has 1 atom stereocenters. The normalized spacial score (nSPS) is 16.2. The van der Waals surface area contributed by atoms with Crippen molar-refractivity contribution in [2.75, 3.05) is 13.1 Å². The lowest BCUT2D eigenvalue weighted by Crippen LogP contribution is -2.50. The van der Waals surface area contributed by atoms with Gasteiger partial charge >= 0.3 is 6.09 Å². The fourth-order valence-corrected chi connectivity index (χ4v) is 4.12. The number of rotatable bonds is 5.